The van der Waals surface area contributed by atoms with Gasteiger partial charge >= 0.3 is 0 Å². The fraction of sp³-hybridized carbons (Fsp3) is 0.0714. The van der Waals surface area contributed by atoms with E-state index in [1.807, 2.05) is 6.92 Å². The lowest BCUT2D eigenvalue weighted by atomic mass is 10.1. The minimum Gasteiger partial charge on any atom is -0.398 e. The van der Waals surface area contributed by atoms with Crippen molar-refractivity contribution in [1.82, 2.24) is 0 Å². The van der Waals surface area contributed by atoms with Crippen LogP contribution in [0, 0.1) is 12.7 Å². The highest BCUT2D eigenvalue weighted by Gasteiger charge is 2.13. The van der Waals surface area contributed by atoms with Crippen molar-refractivity contribution in [2.24, 2.45) is 0 Å². The smallest absolute Gasteiger partial charge is 0.257 e. The van der Waals surface area contributed by atoms with E-state index in [1.165, 1.54) is 12.1 Å². The number of rotatable bonds is 2. The summed E-state index contributed by atoms with van der Waals surface area (Å²) in [6.07, 6.45) is 0. The van der Waals surface area contributed by atoms with Gasteiger partial charge in [-0.25, -0.2) is 4.39 Å². The average molecular weight is 358 g/mol. The maximum atomic E-state index is 13.0. The molecule has 0 spiro atoms. The van der Waals surface area contributed by atoms with E-state index in [1.54, 1.807) is 12.1 Å². The quantitative estimate of drug-likeness (QED) is 0.783. The molecule has 0 unspecified atom stereocenters. The van der Waals surface area contributed by atoms with Crippen molar-refractivity contribution >= 4 is 44.8 Å². The first-order chi connectivity index (χ1) is 9.38. The first-order valence-electron chi connectivity index (χ1n) is 5.70. The molecular weight excluding hydrogens is 347 g/mol. The molecular formula is C14H11BrClFN2O. The number of benzene rings is 2. The minimum atomic E-state index is -0.493. The van der Waals surface area contributed by atoms with Gasteiger partial charge in [0.1, 0.15) is 5.82 Å². The first-order valence-corrected chi connectivity index (χ1v) is 6.87. The number of nitrogens with two attached hydrogens (primary N) is 1. The second kappa shape index (κ2) is 5.81. The molecule has 0 aromatic heterocycles. The minimum absolute atomic E-state index is 0.0544. The molecule has 3 nitrogen and oxygen atoms in total. The third kappa shape index (κ3) is 3.11. The zero-order valence-electron chi connectivity index (χ0n) is 10.5. The van der Waals surface area contributed by atoms with E-state index in [-0.39, 0.29) is 10.6 Å². The van der Waals surface area contributed by atoms with Crippen LogP contribution in [0.3, 0.4) is 0 Å². The normalized spacial score (nSPS) is 10.4. The molecule has 20 heavy (non-hydrogen) atoms. The molecule has 0 saturated carbocycles. The molecule has 3 N–H and O–H groups in total. The molecule has 0 aliphatic heterocycles. The number of anilines is 2. The Labute approximate surface area is 129 Å². The molecule has 0 heterocycles. The topological polar surface area (TPSA) is 55.1 Å². The van der Waals surface area contributed by atoms with Gasteiger partial charge in [-0.2, -0.15) is 0 Å². The summed E-state index contributed by atoms with van der Waals surface area (Å²) in [5, 5.41) is 2.74. The van der Waals surface area contributed by atoms with E-state index in [4.69, 9.17) is 17.3 Å². The number of nitrogen functional groups attached to an aromatic ring is 1. The van der Waals surface area contributed by atoms with Crippen LogP contribution in [0.4, 0.5) is 15.8 Å². The fourth-order valence-electron chi connectivity index (χ4n) is 1.65. The Morgan fingerprint density at radius 2 is 2.05 bits per heavy atom. The third-order valence-corrected chi connectivity index (χ3v) is 3.75. The molecule has 104 valence electrons. The summed E-state index contributed by atoms with van der Waals surface area (Å²) >= 11 is 9.20. The lowest BCUT2D eigenvalue weighted by molar-refractivity contribution is 0.102. The molecule has 0 aliphatic rings. The number of halogens is 3. The highest BCUT2D eigenvalue weighted by atomic mass is 79.9. The van der Waals surface area contributed by atoms with Crippen LogP contribution in [0.2, 0.25) is 5.02 Å². The van der Waals surface area contributed by atoms with Crippen LogP contribution in [-0.4, -0.2) is 5.91 Å². The molecule has 2 aromatic rings. The van der Waals surface area contributed by atoms with E-state index in [2.05, 4.69) is 21.2 Å². The van der Waals surface area contributed by atoms with Crippen molar-refractivity contribution in [2.75, 3.05) is 11.1 Å². The number of aryl methyl sites for hydroxylation is 1. The summed E-state index contributed by atoms with van der Waals surface area (Å²) in [5.74, 6) is -0.925. The van der Waals surface area contributed by atoms with Gasteiger partial charge in [0.05, 0.1) is 16.3 Å². The van der Waals surface area contributed by atoms with Crippen molar-refractivity contribution in [2.45, 2.75) is 6.92 Å². The zero-order chi connectivity index (χ0) is 14.9. The molecule has 0 radical (unpaired) electrons. The van der Waals surface area contributed by atoms with E-state index < -0.39 is 11.7 Å². The van der Waals surface area contributed by atoms with Crippen molar-refractivity contribution in [1.29, 1.82) is 0 Å². The van der Waals surface area contributed by atoms with Crippen LogP contribution < -0.4 is 11.1 Å². The Balaban J connectivity index is 2.30. The van der Waals surface area contributed by atoms with Crippen LogP contribution in [0.25, 0.3) is 0 Å². The van der Waals surface area contributed by atoms with Gasteiger partial charge in [-0.1, -0.05) is 11.6 Å². The lowest BCUT2D eigenvalue weighted by Gasteiger charge is -2.11. The van der Waals surface area contributed by atoms with E-state index in [9.17, 15) is 9.18 Å². The van der Waals surface area contributed by atoms with E-state index >= 15 is 0 Å². The van der Waals surface area contributed by atoms with Gasteiger partial charge in [-0.3, -0.25) is 4.79 Å². The SMILES string of the molecule is Cc1cc(Br)c(NC(=O)c2ccc(F)cc2Cl)cc1N. The van der Waals surface area contributed by atoms with Crippen LogP contribution in [-0.2, 0) is 0 Å². The van der Waals surface area contributed by atoms with Gasteiger partial charge in [-0.05, 0) is 58.7 Å². The Kier molecular flexibility index (Phi) is 4.30. The first kappa shape index (κ1) is 14.8. The van der Waals surface area contributed by atoms with Crippen molar-refractivity contribution in [3.8, 4) is 0 Å². The fourth-order valence-corrected chi connectivity index (χ4v) is 2.46. The lowest BCUT2D eigenvalue weighted by Crippen LogP contribution is -2.13. The summed E-state index contributed by atoms with van der Waals surface area (Å²) in [4.78, 5) is 12.1. The molecule has 2 rings (SSSR count). The number of nitrogens with one attached hydrogen (secondary N) is 1. The van der Waals surface area contributed by atoms with Crippen LogP contribution >= 0.6 is 27.5 Å². The molecule has 6 heteroatoms. The summed E-state index contributed by atoms with van der Waals surface area (Å²) in [6, 6.07) is 7.05. The Bertz CT molecular complexity index is 691. The maximum absolute atomic E-state index is 13.0. The molecule has 0 atom stereocenters. The van der Waals surface area contributed by atoms with Gasteiger partial charge in [0.2, 0.25) is 0 Å². The molecule has 2 aromatic carbocycles. The predicted molar refractivity (Wildman–Crippen MR) is 82.7 cm³/mol. The number of carbonyl (C=O) groups is 1. The molecule has 0 aliphatic carbocycles. The number of hydrogen-bond acceptors (Lipinski definition) is 2. The van der Waals surface area contributed by atoms with Gasteiger partial charge in [-0.15, -0.1) is 0 Å². The molecule has 0 saturated heterocycles. The van der Waals surface area contributed by atoms with E-state index in [0.717, 1.165) is 11.6 Å². The molecule has 0 bridgehead atoms. The van der Waals surface area contributed by atoms with Crippen molar-refractivity contribution in [3.63, 3.8) is 0 Å². The third-order valence-electron chi connectivity index (χ3n) is 2.78. The summed E-state index contributed by atoms with van der Waals surface area (Å²) in [5.41, 5.74) is 7.99. The van der Waals surface area contributed by atoms with Crippen LogP contribution in [0.15, 0.2) is 34.8 Å². The Morgan fingerprint density at radius 3 is 2.70 bits per heavy atom. The number of carbonyl (C=O) groups excluding carboxylic acids is 1. The highest BCUT2D eigenvalue weighted by Crippen LogP contribution is 2.28. The van der Waals surface area contributed by atoms with Crippen molar-refractivity contribution < 1.29 is 9.18 Å². The second-order valence-electron chi connectivity index (χ2n) is 4.27. The van der Waals surface area contributed by atoms with Gasteiger partial charge in [0, 0.05) is 10.2 Å². The number of amides is 1. The standard InChI is InChI=1S/C14H11BrClFN2O/c1-7-4-10(15)13(6-12(7)18)19-14(20)9-3-2-8(17)5-11(9)16/h2-6H,18H2,1H3,(H,19,20). The predicted octanol–water partition coefficient (Wildman–Crippen LogP) is 4.38. The summed E-state index contributed by atoms with van der Waals surface area (Å²) in [7, 11) is 0. The average Bonchev–Trinajstić information content (AvgIpc) is 2.35. The van der Waals surface area contributed by atoms with Crippen LogP contribution in [0.1, 0.15) is 15.9 Å². The summed E-state index contributed by atoms with van der Waals surface area (Å²) < 4.78 is 13.7. The second-order valence-corrected chi connectivity index (χ2v) is 5.53. The van der Waals surface area contributed by atoms with Crippen LogP contribution in [0.5, 0.6) is 0 Å². The highest BCUT2D eigenvalue weighted by molar-refractivity contribution is 9.10. The number of hydrogen-bond donors (Lipinski definition) is 2. The maximum Gasteiger partial charge on any atom is 0.257 e. The summed E-state index contributed by atoms with van der Waals surface area (Å²) in [6.45, 7) is 1.86. The Morgan fingerprint density at radius 1 is 1.35 bits per heavy atom. The van der Waals surface area contributed by atoms with Gasteiger partial charge < -0.3 is 11.1 Å². The Hall–Kier alpha value is -1.59. The largest absolute Gasteiger partial charge is 0.398 e. The van der Waals surface area contributed by atoms with Gasteiger partial charge in [0.15, 0.2) is 0 Å². The molecule has 0 fully saturated rings. The monoisotopic (exact) mass is 356 g/mol. The van der Waals surface area contributed by atoms with Gasteiger partial charge in [0.25, 0.3) is 5.91 Å². The molecule has 1 amide bonds. The van der Waals surface area contributed by atoms with Crippen molar-refractivity contribution in [3.05, 3.63) is 56.8 Å². The zero-order valence-corrected chi connectivity index (χ0v) is 12.8. The van der Waals surface area contributed by atoms with E-state index in [0.29, 0.717) is 15.8 Å².